The molecule has 2 aromatic heterocycles. The van der Waals surface area contributed by atoms with E-state index < -0.39 is 18.0 Å². The third-order valence-corrected chi connectivity index (χ3v) is 3.97. The molecule has 26 heavy (non-hydrogen) atoms. The monoisotopic (exact) mass is 374 g/mol. The Morgan fingerprint density at radius 1 is 1.38 bits per heavy atom. The third kappa shape index (κ3) is 3.94. The minimum absolute atomic E-state index is 0.0664. The number of nitrogens with one attached hydrogen (secondary N) is 1. The van der Waals surface area contributed by atoms with Gasteiger partial charge < -0.3 is 19.6 Å². The quantitative estimate of drug-likeness (QED) is 0.524. The smallest absolute Gasteiger partial charge is 0.311 e. The molecule has 0 aliphatic carbocycles. The van der Waals surface area contributed by atoms with E-state index in [-0.39, 0.29) is 17.3 Å². The number of hydrogen-bond acceptors (Lipinski definition) is 6. The highest BCUT2D eigenvalue weighted by atomic mass is 35.5. The Bertz CT molecular complexity index is 969. The molecule has 8 heteroatoms. The van der Waals surface area contributed by atoms with E-state index in [0.717, 1.165) is 0 Å². The fourth-order valence-electron chi connectivity index (χ4n) is 2.37. The first-order valence-electron chi connectivity index (χ1n) is 7.74. The molecule has 134 valence electrons. The summed E-state index contributed by atoms with van der Waals surface area (Å²) in [5.41, 5.74) is 1.40. The number of hydrogen-bond donors (Lipinski definition) is 2. The van der Waals surface area contributed by atoms with Gasteiger partial charge in [-0.05, 0) is 31.2 Å². The van der Waals surface area contributed by atoms with Crippen molar-refractivity contribution >= 4 is 40.1 Å². The van der Waals surface area contributed by atoms with Gasteiger partial charge in [-0.25, -0.2) is 4.98 Å². The predicted molar refractivity (Wildman–Crippen MR) is 95.0 cm³/mol. The molecule has 0 aliphatic heterocycles. The number of esters is 1. The van der Waals surface area contributed by atoms with Crippen LogP contribution in [-0.2, 0) is 20.7 Å². The molecule has 3 rings (SSSR count). The summed E-state index contributed by atoms with van der Waals surface area (Å²) < 4.78 is 10.5. The molecule has 0 saturated heterocycles. The Balaban J connectivity index is 1.61. The molecule has 3 aromatic rings. The van der Waals surface area contributed by atoms with E-state index in [1.807, 2.05) is 0 Å². The van der Waals surface area contributed by atoms with Crippen LogP contribution in [0.5, 0.6) is 5.75 Å². The van der Waals surface area contributed by atoms with Crippen LogP contribution in [0.3, 0.4) is 0 Å². The SMILES string of the molecule is C[C@@H](OC(=O)Cc1coc2cc(O)ccc12)C(=O)Nc1cccnc1Cl. The van der Waals surface area contributed by atoms with Crippen molar-refractivity contribution in [3.63, 3.8) is 0 Å². The summed E-state index contributed by atoms with van der Waals surface area (Å²) in [7, 11) is 0. The maximum absolute atomic E-state index is 12.1. The van der Waals surface area contributed by atoms with E-state index in [1.54, 1.807) is 18.2 Å². The predicted octanol–water partition coefficient (Wildman–Crippen LogP) is 3.30. The minimum atomic E-state index is -1.01. The van der Waals surface area contributed by atoms with Gasteiger partial charge in [0.25, 0.3) is 5.91 Å². The van der Waals surface area contributed by atoms with Crippen LogP contribution >= 0.6 is 11.6 Å². The van der Waals surface area contributed by atoms with Gasteiger partial charge in [0.2, 0.25) is 0 Å². The Morgan fingerprint density at radius 2 is 2.19 bits per heavy atom. The maximum atomic E-state index is 12.1. The lowest BCUT2D eigenvalue weighted by Gasteiger charge is -2.13. The van der Waals surface area contributed by atoms with Crippen LogP contribution in [0.15, 0.2) is 47.2 Å². The number of amides is 1. The van der Waals surface area contributed by atoms with Crippen LogP contribution in [0.1, 0.15) is 12.5 Å². The molecule has 0 aliphatic rings. The van der Waals surface area contributed by atoms with Crippen LogP contribution < -0.4 is 5.32 Å². The molecular weight excluding hydrogens is 360 g/mol. The first kappa shape index (κ1) is 17.8. The highest BCUT2D eigenvalue weighted by molar-refractivity contribution is 6.32. The number of aromatic hydroxyl groups is 1. The molecule has 0 saturated carbocycles. The van der Waals surface area contributed by atoms with Crippen molar-refractivity contribution < 1.29 is 23.8 Å². The summed E-state index contributed by atoms with van der Waals surface area (Å²) in [4.78, 5) is 28.1. The number of carbonyl (C=O) groups excluding carboxylic acids is 2. The molecular formula is C18H15ClN2O5. The molecule has 0 fully saturated rings. The number of benzene rings is 1. The number of aromatic nitrogens is 1. The van der Waals surface area contributed by atoms with Crippen molar-refractivity contribution in [2.45, 2.75) is 19.4 Å². The first-order valence-corrected chi connectivity index (χ1v) is 8.12. The van der Waals surface area contributed by atoms with Crippen LogP contribution in [0.4, 0.5) is 5.69 Å². The Hall–Kier alpha value is -3.06. The normalized spacial score (nSPS) is 11.9. The Kier molecular flexibility index (Phi) is 5.09. The molecule has 1 amide bonds. The van der Waals surface area contributed by atoms with Gasteiger partial charge in [0, 0.05) is 23.2 Å². The number of ether oxygens (including phenoxy) is 1. The number of halogens is 1. The molecule has 0 bridgehead atoms. The van der Waals surface area contributed by atoms with Crippen molar-refractivity contribution in [2.24, 2.45) is 0 Å². The van der Waals surface area contributed by atoms with E-state index in [0.29, 0.717) is 22.2 Å². The number of rotatable bonds is 5. The number of phenolic OH excluding ortho intramolecular Hbond substituents is 1. The summed E-state index contributed by atoms with van der Waals surface area (Å²) in [6, 6.07) is 7.82. The first-order chi connectivity index (χ1) is 12.4. The van der Waals surface area contributed by atoms with Crippen LogP contribution in [0.2, 0.25) is 5.15 Å². The van der Waals surface area contributed by atoms with Crippen molar-refractivity contribution in [3.05, 3.63) is 53.5 Å². The second kappa shape index (κ2) is 7.45. The molecule has 7 nitrogen and oxygen atoms in total. The number of nitrogens with zero attached hydrogens (tertiary/aromatic N) is 1. The van der Waals surface area contributed by atoms with Gasteiger partial charge in [-0.2, -0.15) is 0 Å². The van der Waals surface area contributed by atoms with Crippen LogP contribution in [0, 0.1) is 0 Å². The summed E-state index contributed by atoms with van der Waals surface area (Å²) >= 11 is 5.88. The average molecular weight is 375 g/mol. The highest BCUT2D eigenvalue weighted by Crippen LogP contribution is 2.25. The second-order valence-corrected chi connectivity index (χ2v) is 5.94. The van der Waals surface area contributed by atoms with E-state index in [1.165, 1.54) is 31.5 Å². The topological polar surface area (TPSA) is 102 Å². The zero-order valence-electron chi connectivity index (χ0n) is 13.7. The fraction of sp³-hybridized carbons (Fsp3) is 0.167. The maximum Gasteiger partial charge on any atom is 0.311 e. The number of pyridine rings is 1. The molecule has 0 radical (unpaired) electrons. The van der Waals surface area contributed by atoms with Gasteiger partial charge in [0.1, 0.15) is 11.3 Å². The summed E-state index contributed by atoms with van der Waals surface area (Å²) in [5, 5.41) is 12.8. The van der Waals surface area contributed by atoms with E-state index >= 15 is 0 Å². The number of anilines is 1. The zero-order chi connectivity index (χ0) is 18.7. The largest absolute Gasteiger partial charge is 0.508 e. The fourth-order valence-corrected chi connectivity index (χ4v) is 2.54. The molecule has 2 heterocycles. The van der Waals surface area contributed by atoms with Crippen molar-refractivity contribution in [1.82, 2.24) is 4.98 Å². The number of fused-ring (bicyclic) bond motifs is 1. The second-order valence-electron chi connectivity index (χ2n) is 5.58. The van der Waals surface area contributed by atoms with E-state index in [9.17, 15) is 14.7 Å². The van der Waals surface area contributed by atoms with Crippen molar-refractivity contribution in [2.75, 3.05) is 5.32 Å². The number of furan rings is 1. The van der Waals surface area contributed by atoms with Gasteiger partial charge in [-0.15, -0.1) is 0 Å². The number of carbonyl (C=O) groups is 2. The zero-order valence-corrected chi connectivity index (χ0v) is 14.5. The van der Waals surface area contributed by atoms with Gasteiger partial charge >= 0.3 is 5.97 Å². The number of phenols is 1. The third-order valence-electron chi connectivity index (χ3n) is 3.67. The van der Waals surface area contributed by atoms with Crippen molar-refractivity contribution in [3.8, 4) is 5.75 Å². The van der Waals surface area contributed by atoms with Gasteiger partial charge in [0.05, 0.1) is 18.4 Å². The Labute approximate surface area is 153 Å². The highest BCUT2D eigenvalue weighted by Gasteiger charge is 2.20. The average Bonchev–Trinajstić information content (AvgIpc) is 2.98. The lowest BCUT2D eigenvalue weighted by molar-refractivity contribution is -0.152. The van der Waals surface area contributed by atoms with Crippen LogP contribution in [0.25, 0.3) is 11.0 Å². The summed E-state index contributed by atoms with van der Waals surface area (Å²) in [6.45, 7) is 1.46. The molecule has 0 spiro atoms. The summed E-state index contributed by atoms with van der Waals surface area (Å²) in [5.74, 6) is -1.03. The Morgan fingerprint density at radius 3 is 2.96 bits per heavy atom. The van der Waals surface area contributed by atoms with E-state index in [4.69, 9.17) is 20.8 Å². The van der Waals surface area contributed by atoms with E-state index in [2.05, 4.69) is 10.3 Å². The summed E-state index contributed by atoms with van der Waals surface area (Å²) in [6.07, 6.45) is 1.84. The molecule has 2 N–H and O–H groups in total. The standard InChI is InChI=1S/C18H15ClN2O5/c1-10(18(24)21-14-3-2-6-20-17(14)19)26-16(23)7-11-9-25-15-8-12(22)4-5-13(11)15/h2-6,8-10,22H,7H2,1H3,(H,21,24)/t10-/m1/s1. The molecule has 0 unspecified atom stereocenters. The molecule has 1 atom stereocenters. The van der Waals surface area contributed by atoms with Crippen molar-refractivity contribution in [1.29, 1.82) is 0 Å². The lowest BCUT2D eigenvalue weighted by Crippen LogP contribution is -2.30. The van der Waals surface area contributed by atoms with Gasteiger partial charge in [-0.1, -0.05) is 11.6 Å². The molecule has 1 aromatic carbocycles. The van der Waals surface area contributed by atoms with Gasteiger partial charge in [0.15, 0.2) is 11.3 Å². The van der Waals surface area contributed by atoms with Crippen LogP contribution in [-0.4, -0.2) is 28.1 Å². The van der Waals surface area contributed by atoms with Gasteiger partial charge in [-0.3, -0.25) is 9.59 Å². The lowest BCUT2D eigenvalue weighted by atomic mass is 10.1. The minimum Gasteiger partial charge on any atom is -0.508 e.